The molecular formula is C15H9Cl3FNO3. The van der Waals surface area contributed by atoms with Gasteiger partial charge in [0.1, 0.15) is 5.82 Å². The van der Waals surface area contributed by atoms with E-state index < -0.39 is 24.3 Å². The third-order valence-electron chi connectivity index (χ3n) is 2.71. The molecule has 2 rings (SSSR count). The number of esters is 1. The lowest BCUT2D eigenvalue weighted by Crippen LogP contribution is -2.21. The van der Waals surface area contributed by atoms with E-state index >= 15 is 0 Å². The number of anilines is 1. The van der Waals surface area contributed by atoms with Crippen LogP contribution in [0.3, 0.4) is 0 Å². The zero-order valence-corrected chi connectivity index (χ0v) is 13.7. The number of amides is 1. The fraction of sp³-hybridized carbons (Fsp3) is 0.0667. The molecule has 0 radical (unpaired) electrons. The molecule has 0 saturated carbocycles. The summed E-state index contributed by atoms with van der Waals surface area (Å²) in [7, 11) is 0. The first-order chi connectivity index (χ1) is 10.9. The number of ether oxygens (including phenoxy) is 1. The van der Waals surface area contributed by atoms with Gasteiger partial charge in [0.15, 0.2) is 6.61 Å². The van der Waals surface area contributed by atoms with Crippen LogP contribution in [0.5, 0.6) is 0 Å². The summed E-state index contributed by atoms with van der Waals surface area (Å²) in [6.45, 7) is -0.607. The number of carbonyl (C=O) groups excluding carboxylic acids is 2. The Bertz CT molecular complexity index is 768. The minimum Gasteiger partial charge on any atom is -0.452 e. The Balaban J connectivity index is 1.97. The van der Waals surface area contributed by atoms with Crippen LogP contribution in [0.4, 0.5) is 10.1 Å². The lowest BCUT2D eigenvalue weighted by atomic mass is 10.2. The maximum absolute atomic E-state index is 13.4. The molecule has 0 aliphatic rings. The molecule has 0 aromatic heterocycles. The molecule has 4 nitrogen and oxygen atoms in total. The van der Waals surface area contributed by atoms with Crippen LogP contribution >= 0.6 is 34.8 Å². The number of rotatable bonds is 4. The molecule has 0 aliphatic carbocycles. The first kappa shape index (κ1) is 17.5. The van der Waals surface area contributed by atoms with Crippen LogP contribution in [-0.4, -0.2) is 18.5 Å². The highest BCUT2D eigenvalue weighted by atomic mass is 35.5. The van der Waals surface area contributed by atoms with E-state index in [0.29, 0.717) is 0 Å². The molecule has 1 N–H and O–H groups in total. The van der Waals surface area contributed by atoms with Crippen molar-refractivity contribution in [2.75, 3.05) is 11.9 Å². The van der Waals surface area contributed by atoms with Gasteiger partial charge in [-0.1, -0.05) is 46.9 Å². The number of hydrogen-bond acceptors (Lipinski definition) is 3. The van der Waals surface area contributed by atoms with Gasteiger partial charge in [0.05, 0.1) is 26.3 Å². The quantitative estimate of drug-likeness (QED) is 0.627. The van der Waals surface area contributed by atoms with Gasteiger partial charge in [-0.05, 0) is 24.3 Å². The zero-order chi connectivity index (χ0) is 17.0. The third-order valence-corrected chi connectivity index (χ3v) is 3.75. The molecule has 2 aromatic rings. The molecule has 8 heteroatoms. The van der Waals surface area contributed by atoms with Crippen molar-refractivity contribution in [3.63, 3.8) is 0 Å². The Morgan fingerprint density at radius 2 is 1.70 bits per heavy atom. The van der Waals surface area contributed by atoms with Crippen molar-refractivity contribution in [2.45, 2.75) is 0 Å². The van der Waals surface area contributed by atoms with Crippen molar-refractivity contribution in [3.8, 4) is 0 Å². The van der Waals surface area contributed by atoms with E-state index in [1.54, 1.807) is 0 Å². The maximum Gasteiger partial charge on any atom is 0.341 e. The minimum atomic E-state index is -0.946. The third kappa shape index (κ3) is 4.58. The van der Waals surface area contributed by atoms with Gasteiger partial charge in [0.25, 0.3) is 5.91 Å². The average Bonchev–Trinajstić information content (AvgIpc) is 2.51. The molecule has 0 aliphatic heterocycles. The maximum atomic E-state index is 13.4. The van der Waals surface area contributed by atoms with Crippen LogP contribution in [0.25, 0.3) is 0 Å². The van der Waals surface area contributed by atoms with E-state index in [9.17, 15) is 14.0 Å². The Morgan fingerprint density at radius 1 is 1.04 bits per heavy atom. The Labute approximate surface area is 146 Å². The van der Waals surface area contributed by atoms with E-state index in [-0.39, 0.29) is 26.3 Å². The summed E-state index contributed by atoms with van der Waals surface area (Å²) < 4.78 is 18.1. The van der Waals surface area contributed by atoms with Crippen LogP contribution in [0.1, 0.15) is 10.4 Å². The molecule has 1 amide bonds. The SMILES string of the molecule is O=C(COC(=O)c1ccccc1F)Nc1cc(Cl)c(Cl)cc1Cl. The number of benzene rings is 2. The number of halogens is 4. The summed E-state index contributed by atoms with van der Waals surface area (Å²) in [4.78, 5) is 23.4. The molecule has 0 spiro atoms. The van der Waals surface area contributed by atoms with Crippen LogP contribution in [0.15, 0.2) is 36.4 Å². The molecular weight excluding hydrogens is 368 g/mol. The average molecular weight is 377 g/mol. The number of nitrogens with one attached hydrogen (secondary N) is 1. The van der Waals surface area contributed by atoms with Gasteiger partial charge >= 0.3 is 5.97 Å². The number of hydrogen-bond donors (Lipinski definition) is 1. The summed E-state index contributed by atoms with van der Waals surface area (Å²) in [6.07, 6.45) is 0. The van der Waals surface area contributed by atoms with E-state index in [1.165, 1.54) is 30.3 Å². The first-order valence-corrected chi connectivity index (χ1v) is 7.38. The lowest BCUT2D eigenvalue weighted by molar-refractivity contribution is -0.119. The summed E-state index contributed by atoms with van der Waals surface area (Å²) in [5, 5.41) is 3.03. The van der Waals surface area contributed by atoms with Gasteiger partial charge in [-0.15, -0.1) is 0 Å². The van der Waals surface area contributed by atoms with Gasteiger partial charge in [-0.25, -0.2) is 9.18 Å². The van der Waals surface area contributed by atoms with Gasteiger partial charge in [0, 0.05) is 0 Å². The monoisotopic (exact) mass is 375 g/mol. The molecule has 0 atom stereocenters. The topological polar surface area (TPSA) is 55.4 Å². The normalized spacial score (nSPS) is 10.3. The predicted molar refractivity (Wildman–Crippen MR) is 86.8 cm³/mol. The van der Waals surface area contributed by atoms with Crippen LogP contribution in [-0.2, 0) is 9.53 Å². The fourth-order valence-electron chi connectivity index (χ4n) is 1.64. The summed E-state index contributed by atoms with van der Waals surface area (Å²) in [6, 6.07) is 8.02. The van der Waals surface area contributed by atoms with Crippen LogP contribution in [0, 0.1) is 5.82 Å². The minimum absolute atomic E-state index is 0.174. The van der Waals surface area contributed by atoms with Gasteiger partial charge < -0.3 is 10.1 Å². The highest BCUT2D eigenvalue weighted by molar-refractivity contribution is 6.44. The Hall–Kier alpha value is -1.82. The second-order valence-corrected chi connectivity index (χ2v) is 5.57. The molecule has 0 heterocycles. The summed E-state index contributed by atoms with van der Waals surface area (Å²) in [5.41, 5.74) is -0.0409. The Morgan fingerprint density at radius 3 is 2.39 bits per heavy atom. The van der Waals surface area contributed by atoms with Gasteiger partial charge in [-0.3, -0.25) is 4.79 Å². The fourth-order valence-corrected chi connectivity index (χ4v) is 2.23. The lowest BCUT2D eigenvalue weighted by Gasteiger charge is -2.09. The molecule has 0 saturated heterocycles. The van der Waals surface area contributed by atoms with Crippen molar-refractivity contribution in [1.82, 2.24) is 0 Å². The van der Waals surface area contributed by atoms with Crippen molar-refractivity contribution in [1.29, 1.82) is 0 Å². The standard InChI is InChI=1S/C15H9Cl3FNO3/c16-9-5-11(18)13(6-10(9)17)20-14(21)7-23-15(22)8-3-1-2-4-12(8)19/h1-6H,7H2,(H,20,21). The van der Waals surface area contributed by atoms with E-state index in [0.717, 1.165) is 6.07 Å². The molecule has 0 bridgehead atoms. The largest absolute Gasteiger partial charge is 0.452 e. The van der Waals surface area contributed by atoms with Crippen LogP contribution < -0.4 is 5.32 Å². The zero-order valence-electron chi connectivity index (χ0n) is 11.4. The number of carbonyl (C=O) groups is 2. The molecule has 2 aromatic carbocycles. The molecule has 120 valence electrons. The molecule has 0 fully saturated rings. The Kier molecular flexibility index (Phi) is 5.82. The predicted octanol–water partition coefficient (Wildman–Crippen LogP) is 4.58. The smallest absolute Gasteiger partial charge is 0.341 e. The van der Waals surface area contributed by atoms with Crippen molar-refractivity contribution < 1.29 is 18.7 Å². The van der Waals surface area contributed by atoms with E-state index in [1.807, 2.05) is 0 Å². The molecule has 0 unspecified atom stereocenters. The van der Waals surface area contributed by atoms with Gasteiger partial charge in [0.2, 0.25) is 0 Å². The van der Waals surface area contributed by atoms with Gasteiger partial charge in [-0.2, -0.15) is 0 Å². The van der Waals surface area contributed by atoms with Crippen LogP contribution in [0.2, 0.25) is 15.1 Å². The van der Waals surface area contributed by atoms with E-state index in [2.05, 4.69) is 5.32 Å². The van der Waals surface area contributed by atoms with Crippen molar-refractivity contribution in [2.24, 2.45) is 0 Å². The van der Waals surface area contributed by atoms with Crippen molar-refractivity contribution in [3.05, 3.63) is 62.8 Å². The molecule has 23 heavy (non-hydrogen) atoms. The second-order valence-electron chi connectivity index (χ2n) is 4.35. The van der Waals surface area contributed by atoms with Crippen molar-refractivity contribution >= 4 is 52.4 Å². The highest BCUT2D eigenvalue weighted by Gasteiger charge is 2.15. The summed E-state index contributed by atoms with van der Waals surface area (Å²) in [5.74, 6) is -2.33. The highest BCUT2D eigenvalue weighted by Crippen LogP contribution is 2.32. The van der Waals surface area contributed by atoms with E-state index in [4.69, 9.17) is 39.5 Å². The second kappa shape index (κ2) is 7.64. The summed E-state index contributed by atoms with van der Waals surface area (Å²) >= 11 is 17.5. The first-order valence-electron chi connectivity index (χ1n) is 6.24.